The molecule has 5 nitrogen and oxygen atoms in total. The number of pyridine rings is 1. The number of hydrogen-bond donors (Lipinski definition) is 1. The molecule has 0 unspecified atom stereocenters. The summed E-state index contributed by atoms with van der Waals surface area (Å²) in [4.78, 5) is 12.5. The van der Waals surface area contributed by atoms with E-state index in [1.54, 1.807) is 0 Å². The lowest BCUT2D eigenvalue weighted by molar-refractivity contribution is -0.390. The second kappa shape index (κ2) is 3.82. The third kappa shape index (κ3) is 1.95. The summed E-state index contributed by atoms with van der Waals surface area (Å²) in [5.74, 6) is -2.09. The molecule has 76 valence electrons. The first-order valence-electron chi connectivity index (χ1n) is 3.25. The topological polar surface area (TPSA) is 76.3 Å². The van der Waals surface area contributed by atoms with Crippen LogP contribution in [0.2, 0.25) is 0 Å². The highest BCUT2D eigenvalue weighted by atomic mass is 79.9. The highest BCUT2D eigenvalue weighted by molar-refractivity contribution is 9.10. The van der Waals surface area contributed by atoms with E-state index < -0.39 is 28.5 Å². The van der Waals surface area contributed by atoms with E-state index >= 15 is 0 Å². The smallest absolute Gasteiger partial charge is 0.407 e. The molecule has 0 spiro atoms. The van der Waals surface area contributed by atoms with E-state index in [0.717, 1.165) is 6.07 Å². The Kier molecular flexibility index (Phi) is 2.94. The van der Waals surface area contributed by atoms with E-state index in [2.05, 4.69) is 20.9 Å². The fourth-order valence-electron chi connectivity index (χ4n) is 0.806. The van der Waals surface area contributed by atoms with Crippen molar-refractivity contribution >= 4 is 21.7 Å². The van der Waals surface area contributed by atoms with Crippen LogP contribution in [0.5, 0.6) is 5.75 Å². The van der Waals surface area contributed by atoms with E-state index in [1.807, 2.05) is 0 Å². The SMILES string of the molecule is O=[N+]([O-])c1nc(Br)cc(C(F)F)c1O. The Hall–Kier alpha value is -1.31. The quantitative estimate of drug-likeness (QED) is 0.508. The van der Waals surface area contributed by atoms with Crippen molar-refractivity contribution in [2.75, 3.05) is 0 Å². The second-order valence-corrected chi connectivity index (χ2v) is 3.08. The van der Waals surface area contributed by atoms with E-state index in [-0.39, 0.29) is 4.60 Å². The lowest BCUT2D eigenvalue weighted by Gasteiger charge is -2.02. The molecule has 1 N–H and O–H groups in total. The minimum atomic E-state index is -2.99. The van der Waals surface area contributed by atoms with Crippen molar-refractivity contribution in [3.63, 3.8) is 0 Å². The van der Waals surface area contributed by atoms with Gasteiger partial charge in [-0.15, -0.1) is 0 Å². The molecule has 0 fully saturated rings. The predicted octanol–water partition coefficient (Wildman–Crippen LogP) is 2.40. The maximum atomic E-state index is 12.2. The first-order valence-corrected chi connectivity index (χ1v) is 4.04. The summed E-state index contributed by atoms with van der Waals surface area (Å²) in [6.07, 6.45) is -2.99. The van der Waals surface area contributed by atoms with Crippen LogP contribution in [0.1, 0.15) is 12.0 Å². The molecule has 0 aliphatic carbocycles. The van der Waals surface area contributed by atoms with E-state index in [0.29, 0.717) is 0 Å². The van der Waals surface area contributed by atoms with Crippen LogP contribution >= 0.6 is 15.9 Å². The molecule has 0 saturated heterocycles. The van der Waals surface area contributed by atoms with Crippen molar-refractivity contribution in [1.29, 1.82) is 0 Å². The average Bonchev–Trinajstić information content (AvgIpc) is 2.07. The molecule has 0 aliphatic heterocycles. The second-order valence-electron chi connectivity index (χ2n) is 2.26. The molecule has 1 aromatic heterocycles. The predicted molar refractivity (Wildman–Crippen MR) is 45.2 cm³/mol. The summed E-state index contributed by atoms with van der Waals surface area (Å²) in [7, 11) is 0. The maximum absolute atomic E-state index is 12.2. The molecule has 0 aromatic carbocycles. The van der Waals surface area contributed by atoms with Gasteiger partial charge >= 0.3 is 5.82 Å². The fraction of sp³-hybridized carbons (Fsp3) is 0.167. The molecular formula is C6H3BrF2N2O3. The molecule has 0 atom stereocenters. The normalized spacial score (nSPS) is 10.6. The summed E-state index contributed by atoms with van der Waals surface area (Å²) >= 11 is 2.72. The Morgan fingerprint density at radius 2 is 2.21 bits per heavy atom. The number of alkyl halides is 2. The van der Waals surface area contributed by atoms with E-state index in [1.165, 1.54) is 0 Å². The van der Waals surface area contributed by atoms with Gasteiger partial charge in [-0.3, -0.25) is 0 Å². The maximum Gasteiger partial charge on any atom is 0.407 e. The Bertz CT molecular complexity index is 386. The number of halogens is 3. The highest BCUT2D eigenvalue weighted by Gasteiger charge is 2.25. The van der Waals surface area contributed by atoms with Gasteiger partial charge in [0.15, 0.2) is 0 Å². The molecule has 8 heteroatoms. The van der Waals surface area contributed by atoms with Gasteiger partial charge in [0.05, 0.1) is 5.56 Å². The van der Waals surface area contributed by atoms with Gasteiger partial charge in [0.1, 0.15) is 0 Å². The van der Waals surface area contributed by atoms with Crippen molar-refractivity contribution < 1.29 is 18.8 Å². The Labute approximate surface area is 84.7 Å². The van der Waals surface area contributed by atoms with Crippen LogP contribution in [-0.4, -0.2) is 15.0 Å². The van der Waals surface area contributed by atoms with Gasteiger partial charge < -0.3 is 15.2 Å². The van der Waals surface area contributed by atoms with Gasteiger partial charge in [-0.25, -0.2) is 8.78 Å². The summed E-state index contributed by atoms with van der Waals surface area (Å²) in [5, 5.41) is 19.3. The average molecular weight is 269 g/mol. The highest BCUT2D eigenvalue weighted by Crippen LogP contribution is 2.35. The van der Waals surface area contributed by atoms with Gasteiger partial charge in [-0.2, -0.15) is 0 Å². The number of hydrogen-bond acceptors (Lipinski definition) is 4. The minimum Gasteiger partial charge on any atom is -0.501 e. The first kappa shape index (κ1) is 10.8. The van der Waals surface area contributed by atoms with Crippen LogP contribution < -0.4 is 0 Å². The van der Waals surface area contributed by atoms with Gasteiger partial charge in [-0.05, 0) is 9.91 Å². The standard InChI is InChI=1S/C6H3BrF2N2O3/c7-3-1-2(5(8)9)4(12)6(10-3)11(13)14/h1,5,12H. The summed E-state index contributed by atoms with van der Waals surface area (Å²) in [5.41, 5.74) is -0.821. The molecule has 1 rings (SSSR count). The van der Waals surface area contributed by atoms with Crippen LogP contribution in [0.3, 0.4) is 0 Å². The number of nitrogens with zero attached hydrogens (tertiary/aromatic N) is 2. The van der Waals surface area contributed by atoms with Crippen LogP contribution in [-0.2, 0) is 0 Å². The molecular weight excluding hydrogens is 266 g/mol. The molecule has 0 aliphatic rings. The molecule has 0 radical (unpaired) electrons. The fourth-order valence-corrected chi connectivity index (χ4v) is 1.22. The number of rotatable bonds is 2. The first-order chi connectivity index (χ1) is 6.43. The summed E-state index contributed by atoms with van der Waals surface area (Å²) in [6, 6.07) is 0.826. The van der Waals surface area contributed by atoms with Crippen molar-refractivity contribution in [2.24, 2.45) is 0 Å². The van der Waals surface area contributed by atoms with Crippen molar-refractivity contribution in [2.45, 2.75) is 6.43 Å². The minimum absolute atomic E-state index is 0.127. The molecule has 0 saturated carbocycles. The Balaban J connectivity index is 3.40. The lowest BCUT2D eigenvalue weighted by Crippen LogP contribution is -1.97. The zero-order chi connectivity index (χ0) is 10.9. The molecule has 1 aromatic rings. The zero-order valence-electron chi connectivity index (χ0n) is 6.45. The summed E-state index contributed by atoms with van der Waals surface area (Å²) < 4.78 is 24.3. The van der Waals surface area contributed by atoms with Crippen LogP contribution in [0, 0.1) is 10.1 Å². The van der Waals surface area contributed by atoms with Crippen LogP contribution in [0.4, 0.5) is 14.6 Å². The molecule has 0 amide bonds. The zero-order valence-corrected chi connectivity index (χ0v) is 8.03. The Morgan fingerprint density at radius 1 is 1.64 bits per heavy atom. The van der Waals surface area contributed by atoms with Crippen LogP contribution in [0.15, 0.2) is 10.7 Å². The van der Waals surface area contributed by atoms with Gasteiger partial charge in [0.2, 0.25) is 10.4 Å². The number of aromatic hydroxyl groups is 1. The van der Waals surface area contributed by atoms with E-state index in [4.69, 9.17) is 5.11 Å². The van der Waals surface area contributed by atoms with Crippen molar-refractivity contribution in [3.8, 4) is 5.75 Å². The third-order valence-corrected chi connectivity index (χ3v) is 1.79. The largest absolute Gasteiger partial charge is 0.501 e. The van der Waals surface area contributed by atoms with Crippen LogP contribution in [0.25, 0.3) is 0 Å². The molecule has 1 heterocycles. The monoisotopic (exact) mass is 268 g/mol. The van der Waals surface area contributed by atoms with Gasteiger partial charge in [0.25, 0.3) is 6.43 Å². The van der Waals surface area contributed by atoms with Gasteiger partial charge in [-0.1, -0.05) is 0 Å². The summed E-state index contributed by atoms with van der Waals surface area (Å²) in [6.45, 7) is 0. The molecule has 0 bridgehead atoms. The molecule has 14 heavy (non-hydrogen) atoms. The third-order valence-electron chi connectivity index (χ3n) is 1.38. The van der Waals surface area contributed by atoms with Crippen molar-refractivity contribution in [3.05, 3.63) is 26.3 Å². The van der Waals surface area contributed by atoms with Gasteiger partial charge in [0, 0.05) is 22.0 Å². The van der Waals surface area contributed by atoms with E-state index in [9.17, 15) is 18.9 Å². The number of nitro groups is 1. The number of aromatic nitrogens is 1. The Morgan fingerprint density at radius 3 is 2.64 bits per heavy atom. The van der Waals surface area contributed by atoms with Crippen molar-refractivity contribution in [1.82, 2.24) is 4.98 Å². The lowest BCUT2D eigenvalue weighted by atomic mass is 10.2.